The van der Waals surface area contributed by atoms with Gasteiger partial charge in [0, 0.05) is 62.8 Å². The van der Waals surface area contributed by atoms with Crippen LogP contribution < -0.4 is 5.56 Å². The van der Waals surface area contributed by atoms with E-state index in [2.05, 4.69) is 34.1 Å². The first-order valence-electron chi connectivity index (χ1n) is 13.0. The SMILES string of the molecule is O=C(c1ccc2c(=O)n3c(nc2c1)CCCCCC3)N1CCN(Cc2cccc3cccnc23)CC1. The van der Waals surface area contributed by atoms with E-state index in [1.165, 1.54) is 12.0 Å². The number of amides is 1. The second-order valence-corrected chi connectivity index (χ2v) is 9.94. The third-order valence-electron chi connectivity index (χ3n) is 7.58. The normalized spacial score (nSPS) is 17.1. The van der Waals surface area contributed by atoms with Crippen LogP contribution in [0.15, 0.2) is 59.5 Å². The molecule has 2 aliphatic heterocycles. The second kappa shape index (κ2) is 9.82. The number of hydrogen-bond donors (Lipinski definition) is 0. The molecule has 7 heteroatoms. The molecule has 1 saturated heterocycles. The molecule has 2 aromatic carbocycles. The van der Waals surface area contributed by atoms with Crippen molar-refractivity contribution in [2.75, 3.05) is 26.2 Å². The molecule has 0 unspecified atom stereocenters. The molecule has 0 N–H and O–H groups in total. The quantitative estimate of drug-likeness (QED) is 0.442. The first-order chi connectivity index (χ1) is 17.7. The van der Waals surface area contributed by atoms with Crippen LogP contribution in [0.25, 0.3) is 21.8 Å². The summed E-state index contributed by atoms with van der Waals surface area (Å²) in [5.41, 5.74) is 3.53. The van der Waals surface area contributed by atoms with Gasteiger partial charge in [0.25, 0.3) is 11.5 Å². The summed E-state index contributed by atoms with van der Waals surface area (Å²) >= 11 is 0. The molecule has 36 heavy (non-hydrogen) atoms. The molecule has 4 aromatic rings. The number of fused-ring (bicyclic) bond motifs is 3. The van der Waals surface area contributed by atoms with E-state index >= 15 is 0 Å². The summed E-state index contributed by atoms with van der Waals surface area (Å²) in [6.45, 7) is 4.54. The average Bonchev–Trinajstić information content (AvgIpc) is 2.90. The summed E-state index contributed by atoms with van der Waals surface area (Å²) in [6, 6.07) is 15.8. The van der Waals surface area contributed by atoms with Crippen molar-refractivity contribution in [3.63, 3.8) is 0 Å². The van der Waals surface area contributed by atoms with Crippen LogP contribution in [-0.2, 0) is 19.5 Å². The molecule has 0 aliphatic carbocycles. The molecule has 0 spiro atoms. The van der Waals surface area contributed by atoms with Gasteiger partial charge in [-0.05, 0) is 42.7 Å². The van der Waals surface area contributed by atoms with E-state index in [0.29, 0.717) is 29.6 Å². The van der Waals surface area contributed by atoms with Crippen molar-refractivity contribution < 1.29 is 4.79 Å². The fraction of sp³-hybridized carbons (Fsp3) is 0.379. The van der Waals surface area contributed by atoms with Crippen LogP contribution in [0.1, 0.15) is 47.4 Å². The van der Waals surface area contributed by atoms with Gasteiger partial charge in [0.1, 0.15) is 5.82 Å². The van der Waals surface area contributed by atoms with Crippen molar-refractivity contribution in [3.05, 3.63) is 82.0 Å². The van der Waals surface area contributed by atoms with Crippen LogP contribution >= 0.6 is 0 Å². The van der Waals surface area contributed by atoms with Crippen LogP contribution in [0, 0.1) is 0 Å². The number of rotatable bonds is 3. The molecule has 2 aliphatic rings. The van der Waals surface area contributed by atoms with E-state index < -0.39 is 0 Å². The molecule has 1 fully saturated rings. The number of aromatic nitrogens is 3. The number of benzene rings is 2. The van der Waals surface area contributed by atoms with E-state index in [1.807, 2.05) is 27.8 Å². The standard InChI is InChI=1S/C29H31N5O2/c35-28(22-11-12-24-25(19-22)31-26-10-3-1-2-4-14-34(26)29(24)36)33-17-15-32(16-18-33)20-23-8-5-7-21-9-6-13-30-27(21)23/h5-9,11-13,19H,1-4,10,14-18,20H2. The van der Waals surface area contributed by atoms with Gasteiger partial charge in [-0.15, -0.1) is 0 Å². The highest BCUT2D eigenvalue weighted by Crippen LogP contribution is 2.20. The van der Waals surface area contributed by atoms with E-state index in [9.17, 15) is 9.59 Å². The Morgan fingerprint density at radius 2 is 1.72 bits per heavy atom. The van der Waals surface area contributed by atoms with Crippen molar-refractivity contribution in [3.8, 4) is 0 Å². The second-order valence-electron chi connectivity index (χ2n) is 9.94. The number of pyridine rings is 1. The van der Waals surface area contributed by atoms with Gasteiger partial charge in [-0.3, -0.25) is 24.0 Å². The van der Waals surface area contributed by atoms with Gasteiger partial charge in [-0.25, -0.2) is 4.98 Å². The van der Waals surface area contributed by atoms with Crippen molar-refractivity contribution in [2.45, 2.75) is 45.2 Å². The van der Waals surface area contributed by atoms with Crippen LogP contribution in [0.4, 0.5) is 0 Å². The van der Waals surface area contributed by atoms with Crippen LogP contribution in [0.5, 0.6) is 0 Å². The topological polar surface area (TPSA) is 71.3 Å². The highest BCUT2D eigenvalue weighted by atomic mass is 16.2. The Balaban J connectivity index is 1.17. The predicted molar refractivity (Wildman–Crippen MR) is 141 cm³/mol. The molecule has 4 heterocycles. The van der Waals surface area contributed by atoms with Crippen LogP contribution in [-0.4, -0.2) is 56.4 Å². The number of carbonyl (C=O) groups excluding carboxylic acids is 1. The highest BCUT2D eigenvalue weighted by Gasteiger charge is 2.23. The molecule has 0 saturated carbocycles. The molecule has 184 valence electrons. The zero-order valence-corrected chi connectivity index (χ0v) is 20.5. The molecule has 1 amide bonds. The molecular weight excluding hydrogens is 450 g/mol. The predicted octanol–water partition coefficient (Wildman–Crippen LogP) is 4.02. The minimum Gasteiger partial charge on any atom is -0.336 e. The lowest BCUT2D eigenvalue weighted by molar-refractivity contribution is 0.0629. The zero-order valence-electron chi connectivity index (χ0n) is 20.5. The molecular formula is C29H31N5O2. The maximum absolute atomic E-state index is 13.3. The minimum atomic E-state index is 0.0111. The number of carbonyl (C=O) groups is 1. The van der Waals surface area contributed by atoms with Gasteiger partial charge in [0.2, 0.25) is 0 Å². The van der Waals surface area contributed by atoms with E-state index in [4.69, 9.17) is 4.98 Å². The molecule has 0 bridgehead atoms. The van der Waals surface area contributed by atoms with Crippen LogP contribution in [0.3, 0.4) is 0 Å². The summed E-state index contributed by atoms with van der Waals surface area (Å²) in [7, 11) is 0. The van der Waals surface area contributed by atoms with Gasteiger partial charge in [0.15, 0.2) is 0 Å². The van der Waals surface area contributed by atoms with Crippen molar-refractivity contribution in [1.82, 2.24) is 24.3 Å². The average molecular weight is 482 g/mol. The Morgan fingerprint density at radius 3 is 2.61 bits per heavy atom. The lowest BCUT2D eigenvalue weighted by atomic mass is 10.1. The number of nitrogens with zero attached hydrogens (tertiary/aromatic N) is 5. The largest absolute Gasteiger partial charge is 0.336 e. The lowest BCUT2D eigenvalue weighted by Gasteiger charge is -2.35. The molecule has 6 rings (SSSR count). The van der Waals surface area contributed by atoms with Gasteiger partial charge >= 0.3 is 0 Å². The van der Waals surface area contributed by atoms with Gasteiger partial charge in [-0.1, -0.05) is 37.1 Å². The highest BCUT2D eigenvalue weighted by molar-refractivity contribution is 5.97. The zero-order chi connectivity index (χ0) is 24.5. The Kier molecular flexibility index (Phi) is 6.23. The minimum absolute atomic E-state index is 0.0111. The van der Waals surface area contributed by atoms with Crippen molar-refractivity contribution in [2.24, 2.45) is 0 Å². The Bertz CT molecular complexity index is 1480. The third-order valence-corrected chi connectivity index (χ3v) is 7.58. The maximum atomic E-state index is 13.3. The Hall–Kier alpha value is -3.58. The Morgan fingerprint density at radius 1 is 0.889 bits per heavy atom. The smallest absolute Gasteiger partial charge is 0.261 e. The number of piperazine rings is 1. The molecule has 0 radical (unpaired) electrons. The molecule has 2 aromatic heterocycles. The fourth-order valence-electron chi connectivity index (χ4n) is 5.56. The van der Waals surface area contributed by atoms with E-state index in [-0.39, 0.29) is 11.5 Å². The lowest BCUT2D eigenvalue weighted by Crippen LogP contribution is -2.48. The van der Waals surface area contributed by atoms with Crippen molar-refractivity contribution in [1.29, 1.82) is 0 Å². The van der Waals surface area contributed by atoms with Crippen molar-refractivity contribution >= 4 is 27.7 Å². The summed E-state index contributed by atoms with van der Waals surface area (Å²) in [4.78, 5) is 40.2. The summed E-state index contributed by atoms with van der Waals surface area (Å²) in [5.74, 6) is 0.866. The van der Waals surface area contributed by atoms with Gasteiger partial charge in [-0.2, -0.15) is 0 Å². The maximum Gasteiger partial charge on any atom is 0.261 e. The van der Waals surface area contributed by atoms with E-state index in [1.54, 1.807) is 12.1 Å². The van der Waals surface area contributed by atoms with Gasteiger partial charge in [0.05, 0.1) is 16.4 Å². The first kappa shape index (κ1) is 22.9. The number of hydrogen-bond acceptors (Lipinski definition) is 5. The van der Waals surface area contributed by atoms with Gasteiger partial charge < -0.3 is 4.90 Å². The fourth-order valence-corrected chi connectivity index (χ4v) is 5.56. The molecule has 7 nitrogen and oxygen atoms in total. The Labute approximate surface area is 210 Å². The monoisotopic (exact) mass is 481 g/mol. The first-order valence-corrected chi connectivity index (χ1v) is 13.0. The summed E-state index contributed by atoms with van der Waals surface area (Å²) in [6.07, 6.45) is 7.06. The summed E-state index contributed by atoms with van der Waals surface area (Å²) in [5, 5.41) is 1.75. The number of para-hydroxylation sites is 1. The number of aryl methyl sites for hydroxylation is 1. The van der Waals surface area contributed by atoms with Crippen LogP contribution in [0.2, 0.25) is 0 Å². The van der Waals surface area contributed by atoms with E-state index in [0.717, 1.165) is 68.6 Å². The third kappa shape index (κ3) is 4.39. The summed E-state index contributed by atoms with van der Waals surface area (Å²) < 4.78 is 1.84. The molecule has 0 atom stereocenters.